The third-order valence-corrected chi connectivity index (χ3v) is 8.25. The normalized spacial score (nSPS) is 21.4. The van der Waals surface area contributed by atoms with E-state index in [1.165, 1.54) is 0 Å². The summed E-state index contributed by atoms with van der Waals surface area (Å²) < 4.78 is 17.9. The molecule has 208 valence electrons. The summed E-state index contributed by atoms with van der Waals surface area (Å²) in [4.78, 5) is 27.4. The summed E-state index contributed by atoms with van der Waals surface area (Å²) in [7, 11) is 1.85. The van der Waals surface area contributed by atoms with Gasteiger partial charge in [-0.15, -0.1) is 0 Å². The fourth-order valence-electron chi connectivity index (χ4n) is 5.16. The second kappa shape index (κ2) is 13.0. The first kappa shape index (κ1) is 28.5. The van der Waals surface area contributed by atoms with Gasteiger partial charge < -0.3 is 29.7 Å². The van der Waals surface area contributed by atoms with Crippen LogP contribution in [0, 0.1) is 18.8 Å². The van der Waals surface area contributed by atoms with E-state index < -0.39 is 0 Å². The summed E-state index contributed by atoms with van der Waals surface area (Å²) in [6.45, 7) is 11.3. The van der Waals surface area contributed by atoms with Crippen LogP contribution < -0.4 is 20.1 Å². The van der Waals surface area contributed by atoms with Gasteiger partial charge in [-0.1, -0.05) is 23.3 Å². The average Bonchev–Trinajstić information content (AvgIpc) is 2.91. The molecule has 0 spiro atoms. The van der Waals surface area contributed by atoms with Gasteiger partial charge in [-0.25, -0.2) is 0 Å². The van der Waals surface area contributed by atoms with Gasteiger partial charge in [0.25, 0.3) is 5.91 Å². The fourth-order valence-corrected chi connectivity index (χ4v) is 5.41. The number of hydrogen-bond acceptors (Lipinski definition) is 7. The van der Waals surface area contributed by atoms with E-state index >= 15 is 0 Å². The van der Waals surface area contributed by atoms with Crippen LogP contribution in [0.4, 0.5) is 0 Å². The Balaban J connectivity index is 1.40. The summed E-state index contributed by atoms with van der Waals surface area (Å²) in [5, 5.41) is 6.29. The Kier molecular flexibility index (Phi) is 9.74. The first-order valence-corrected chi connectivity index (χ1v) is 13.9. The van der Waals surface area contributed by atoms with E-state index in [4.69, 9.17) is 25.8 Å². The minimum Gasteiger partial charge on any atom is -0.484 e. The number of nitrogens with one attached hydrogen (secondary N) is 2. The Labute approximate surface area is 230 Å². The monoisotopic (exact) mass is 545 g/mol. The van der Waals surface area contributed by atoms with Gasteiger partial charge in [-0.3, -0.25) is 9.59 Å². The van der Waals surface area contributed by atoms with E-state index in [1.807, 2.05) is 33.9 Å². The minimum atomic E-state index is -0.305. The molecule has 1 aromatic rings. The molecule has 38 heavy (non-hydrogen) atoms. The van der Waals surface area contributed by atoms with Crippen LogP contribution in [0.3, 0.4) is 0 Å². The van der Waals surface area contributed by atoms with Crippen molar-refractivity contribution in [1.29, 1.82) is 0 Å². The Bertz CT molecular complexity index is 1090. The molecule has 2 N–H and O–H groups in total. The van der Waals surface area contributed by atoms with Crippen molar-refractivity contribution in [2.24, 2.45) is 11.8 Å². The van der Waals surface area contributed by atoms with Crippen LogP contribution in [0.25, 0.3) is 0 Å². The molecular weight excluding hydrogens is 506 g/mol. The maximum Gasteiger partial charge on any atom is 0.252 e. The highest BCUT2D eigenvalue weighted by atomic mass is 35.5. The topological polar surface area (TPSA) is 89.1 Å². The van der Waals surface area contributed by atoms with Crippen LogP contribution in [0.2, 0.25) is 5.02 Å². The number of benzene rings is 1. The van der Waals surface area contributed by atoms with Crippen molar-refractivity contribution in [3.05, 3.63) is 45.1 Å². The average molecular weight is 546 g/mol. The smallest absolute Gasteiger partial charge is 0.252 e. The minimum absolute atomic E-state index is 0.0777. The number of piperidine rings is 1. The zero-order valence-electron chi connectivity index (χ0n) is 22.9. The van der Waals surface area contributed by atoms with Crippen molar-refractivity contribution in [2.75, 3.05) is 53.0 Å². The number of hydrogen-bond donors (Lipinski definition) is 2. The zero-order chi connectivity index (χ0) is 27.2. The largest absolute Gasteiger partial charge is 0.484 e. The van der Waals surface area contributed by atoms with Gasteiger partial charge in [0.05, 0.1) is 18.2 Å². The van der Waals surface area contributed by atoms with E-state index in [0.29, 0.717) is 58.1 Å². The third-order valence-electron chi connectivity index (χ3n) is 7.96. The maximum absolute atomic E-state index is 13.2. The molecule has 3 heterocycles. The van der Waals surface area contributed by atoms with Crippen LogP contribution in [0.5, 0.6) is 11.5 Å². The van der Waals surface area contributed by atoms with Gasteiger partial charge in [0.2, 0.25) is 0 Å². The predicted molar refractivity (Wildman–Crippen MR) is 148 cm³/mol. The lowest BCUT2D eigenvalue weighted by atomic mass is 9.90. The molecule has 8 nitrogen and oxygen atoms in total. The fraction of sp³-hybridized carbons (Fsp3) is 0.586. The van der Waals surface area contributed by atoms with Gasteiger partial charge in [0.15, 0.2) is 11.5 Å². The maximum atomic E-state index is 13.2. The lowest BCUT2D eigenvalue weighted by Crippen LogP contribution is -2.46. The summed E-state index contributed by atoms with van der Waals surface area (Å²) in [6.07, 6.45) is 5.46. The highest BCUT2D eigenvalue weighted by molar-refractivity contribution is 6.32. The molecule has 0 aromatic heterocycles. The standard InChI is InChI=1S/C29H40ClN3O5/c1-18(5-6-19(2)31-4)23(14-34)12-32-29(35)24-11-25(30)28-27(20(24)3)38-26(17-37-28)22-7-9-33(10-8-22)13-21-15-36-16-21/h6,11,14,21-22,26,31H,5,7-10,12-13,15-17H2,1-4H3,(H,32,35)/b19-6-,23-18-. The number of allylic oxidation sites excluding steroid dienone is 3. The molecule has 1 unspecified atom stereocenters. The second-order valence-electron chi connectivity index (χ2n) is 10.6. The Morgan fingerprint density at radius 2 is 1.92 bits per heavy atom. The zero-order valence-corrected chi connectivity index (χ0v) is 23.7. The van der Waals surface area contributed by atoms with Crippen molar-refractivity contribution >= 4 is 23.8 Å². The van der Waals surface area contributed by atoms with E-state index in [1.54, 1.807) is 6.07 Å². The quantitative estimate of drug-likeness (QED) is 0.340. The SMILES string of the molecule is CN/C(C)=C\C/C(C)=C(\C=O)CNC(=O)c1cc(Cl)c2c(c1C)OC(C1CCN(CC3COC3)CC1)CO2. The lowest BCUT2D eigenvalue weighted by molar-refractivity contribution is -0.105. The summed E-state index contributed by atoms with van der Waals surface area (Å²) in [5.41, 5.74) is 3.59. The van der Waals surface area contributed by atoms with Gasteiger partial charge in [0.1, 0.15) is 19.0 Å². The Morgan fingerprint density at radius 3 is 2.55 bits per heavy atom. The van der Waals surface area contributed by atoms with Crippen LogP contribution >= 0.6 is 11.6 Å². The van der Waals surface area contributed by atoms with Gasteiger partial charge >= 0.3 is 0 Å². The number of halogens is 1. The molecule has 3 aliphatic heterocycles. The second-order valence-corrected chi connectivity index (χ2v) is 11.1. The number of nitrogens with zero attached hydrogens (tertiary/aromatic N) is 1. The number of carbonyl (C=O) groups is 2. The molecule has 1 amide bonds. The molecular formula is C29H40ClN3O5. The predicted octanol–water partition coefficient (Wildman–Crippen LogP) is 3.91. The van der Waals surface area contributed by atoms with E-state index in [-0.39, 0.29) is 18.6 Å². The highest BCUT2D eigenvalue weighted by Crippen LogP contribution is 2.44. The number of ether oxygens (including phenoxy) is 3. The third kappa shape index (κ3) is 6.71. The van der Waals surface area contributed by atoms with Crippen molar-refractivity contribution < 1.29 is 23.8 Å². The molecule has 0 aliphatic carbocycles. The van der Waals surface area contributed by atoms with Crippen LogP contribution in [0.1, 0.15) is 49.0 Å². The molecule has 3 aliphatic rings. The van der Waals surface area contributed by atoms with Crippen LogP contribution in [0.15, 0.2) is 29.0 Å². The van der Waals surface area contributed by atoms with Crippen LogP contribution in [-0.2, 0) is 9.53 Å². The number of rotatable bonds is 10. The summed E-state index contributed by atoms with van der Waals surface area (Å²) >= 11 is 6.53. The number of carbonyl (C=O) groups excluding carboxylic acids is 2. The number of amides is 1. The van der Waals surface area contributed by atoms with Gasteiger partial charge in [-0.05, 0) is 59.2 Å². The molecule has 0 bridgehead atoms. The molecule has 9 heteroatoms. The Morgan fingerprint density at radius 1 is 1.18 bits per heavy atom. The Hall–Kier alpha value is -2.55. The van der Waals surface area contributed by atoms with Crippen molar-refractivity contribution in [2.45, 2.75) is 46.1 Å². The van der Waals surface area contributed by atoms with E-state index in [9.17, 15) is 9.59 Å². The number of fused-ring (bicyclic) bond motifs is 1. The molecule has 4 rings (SSSR count). The number of likely N-dealkylation sites (tertiary alicyclic amines) is 1. The van der Waals surface area contributed by atoms with E-state index in [0.717, 1.165) is 63.2 Å². The molecule has 1 atom stereocenters. The molecule has 0 saturated carbocycles. The van der Waals surface area contributed by atoms with Gasteiger partial charge in [0, 0.05) is 54.4 Å². The van der Waals surface area contributed by atoms with Crippen molar-refractivity contribution in [3.63, 3.8) is 0 Å². The number of aldehydes is 1. The first-order valence-electron chi connectivity index (χ1n) is 13.5. The van der Waals surface area contributed by atoms with E-state index in [2.05, 4.69) is 15.5 Å². The van der Waals surface area contributed by atoms with Crippen molar-refractivity contribution in [3.8, 4) is 11.5 Å². The highest BCUT2D eigenvalue weighted by Gasteiger charge is 2.35. The lowest BCUT2D eigenvalue weighted by Gasteiger charge is -2.40. The molecule has 1 aromatic carbocycles. The first-order chi connectivity index (χ1) is 18.3. The molecule has 0 radical (unpaired) electrons. The molecule has 2 fully saturated rings. The summed E-state index contributed by atoms with van der Waals surface area (Å²) in [5.74, 6) is 1.79. The molecule has 2 saturated heterocycles. The van der Waals surface area contributed by atoms with Crippen LogP contribution in [-0.4, -0.2) is 76.2 Å². The van der Waals surface area contributed by atoms with Gasteiger partial charge in [-0.2, -0.15) is 0 Å². The summed E-state index contributed by atoms with van der Waals surface area (Å²) in [6, 6.07) is 1.62. The van der Waals surface area contributed by atoms with Crippen molar-refractivity contribution in [1.82, 2.24) is 15.5 Å².